The minimum absolute atomic E-state index is 0.0919. The number of carbonyl (C=O) groups is 1. The minimum atomic E-state index is 0.0919. The second kappa shape index (κ2) is 8.02. The van der Waals surface area contributed by atoms with Crippen molar-refractivity contribution in [3.63, 3.8) is 0 Å². The molecule has 0 aliphatic carbocycles. The summed E-state index contributed by atoms with van der Waals surface area (Å²) in [4.78, 5) is 15.3. The van der Waals surface area contributed by atoms with Crippen LogP contribution in [-0.4, -0.2) is 47.7 Å². The first kappa shape index (κ1) is 19.5. The summed E-state index contributed by atoms with van der Waals surface area (Å²) in [5.74, 6) is 1.61. The minimum Gasteiger partial charge on any atom is -0.486 e. The van der Waals surface area contributed by atoms with E-state index in [0.29, 0.717) is 19.8 Å². The van der Waals surface area contributed by atoms with E-state index < -0.39 is 0 Å². The summed E-state index contributed by atoms with van der Waals surface area (Å²) in [6.45, 7) is 6.63. The SMILES string of the molecule is Cc1cc(C(=O)N2CCC(Nc3ccccc3)C2)c(C)n1-c1ccc2c(c1)OCCO2. The number of benzene rings is 2. The smallest absolute Gasteiger partial charge is 0.255 e. The van der Waals surface area contributed by atoms with Gasteiger partial charge in [-0.25, -0.2) is 0 Å². The molecule has 0 radical (unpaired) electrons. The Balaban J connectivity index is 1.35. The molecule has 1 N–H and O–H groups in total. The quantitative estimate of drug-likeness (QED) is 0.692. The lowest BCUT2D eigenvalue weighted by molar-refractivity contribution is 0.0791. The Morgan fingerprint density at radius 3 is 2.58 bits per heavy atom. The molecule has 160 valence electrons. The van der Waals surface area contributed by atoms with Crippen molar-refractivity contribution in [2.75, 3.05) is 31.6 Å². The molecule has 2 aromatic carbocycles. The number of anilines is 1. The number of rotatable bonds is 4. The number of amides is 1. The van der Waals surface area contributed by atoms with Crippen LogP contribution in [-0.2, 0) is 0 Å². The Hall–Kier alpha value is -3.41. The van der Waals surface area contributed by atoms with Crippen molar-refractivity contribution in [1.29, 1.82) is 0 Å². The van der Waals surface area contributed by atoms with E-state index >= 15 is 0 Å². The highest BCUT2D eigenvalue weighted by Crippen LogP contribution is 2.33. The first-order valence-corrected chi connectivity index (χ1v) is 10.8. The molecule has 6 heteroatoms. The van der Waals surface area contributed by atoms with Crippen LogP contribution in [0.5, 0.6) is 11.5 Å². The first-order chi connectivity index (χ1) is 15.1. The molecule has 1 fully saturated rings. The zero-order valence-electron chi connectivity index (χ0n) is 17.9. The molecule has 1 amide bonds. The van der Waals surface area contributed by atoms with Gasteiger partial charge in [0.1, 0.15) is 13.2 Å². The number of ether oxygens (including phenoxy) is 2. The molecule has 3 heterocycles. The van der Waals surface area contributed by atoms with E-state index in [1.165, 1.54) is 0 Å². The van der Waals surface area contributed by atoms with Gasteiger partial charge in [0.15, 0.2) is 11.5 Å². The fourth-order valence-electron chi connectivity index (χ4n) is 4.55. The number of carbonyl (C=O) groups excluding carboxylic acids is 1. The summed E-state index contributed by atoms with van der Waals surface area (Å²) >= 11 is 0. The highest BCUT2D eigenvalue weighted by Gasteiger charge is 2.29. The van der Waals surface area contributed by atoms with Gasteiger partial charge in [0.25, 0.3) is 5.91 Å². The van der Waals surface area contributed by atoms with Gasteiger partial charge < -0.3 is 24.3 Å². The van der Waals surface area contributed by atoms with E-state index in [4.69, 9.17) is 9.47 Å². The number of likely N-dealkylation sites (tertiary alicyclic amines) is 1. The monoisotopic (exact) mass is 417 g/mol. The van der Waals surface area contributed by atoms with Crippen molar-refractivity contribution >= 4 is 11.6 Å². The molecular weight excluding hydrogens is 390 g/mol. The lowest BCUT2D eigenvalue weighted by Crippen LogP contribution is -2.31. The average molecular weight is 418 g/mol. The van der Waals surface area contributed by atoms with Gasteiger partial charge in [-0.2, -0.15) is 0 Å². The van der Waals surface area contributed by atoms with Gasteiger partial charge in [0.05, 0.1) is 5.56 Å². The Labute approximate surface area is 182 Å². The molecule has 0 spiro atoms. The number of nitrogens with one attached hydrogen (secondary N) is 1. The maximum Gasteiger partial charge on any atom is 0.255 e. The normalized spacial score (nSPS) is 17.6. The largest absolute Gasteiger partial charge is 0.486 e. The summed E-state index contributed by atoms with van der Waals surface area (Å²) in [5, 5.41) is 3.54. The lowest BCUT2D eigenvalue weighted by atomic mass is 10.2. The van der Waals surface area contributed by atoms with Crippen molar-refractivity contribution in [3.8, 4) is 17.2 Å². The third-order valence-corrected chi connectivity index (χ3v) is 6.07. The predicted molar refractivity (Wildman–Crippen MR) is 121 cm³/mol. The molecule has 1 atom stereocenters. The standard InChI is InChI=1S/C25H27N3O3/c1-17-14-22(18(2)28(17)21-8-9-23-24(15-21)31-13-12-30-23)25(29)27-11-10-20(16-27)26-19-6-4-3-5-7-19/h3-9,14-15,20,26H,10-13,16H2,1-2H3. The van der Waals surface area contributed by atoms with Crippen LogP contribution in [0.1, 0.15) is 28.2 Å². The average Bonchev–Trinajstić information content (AvgIpc) is 3.37. The molecule has 1 unspecified atom stereocenters. The number of nitrogens with zero attached hydrogens (tertiary/aromatic N) is 2. The molecule has 31 heavy (non-hydrogen) atoms. The first-order valence-electron chi connectivity index (χ1n) is 10.8. The van der Waals surface area contributed by atoms with Crippen LogP contribution in [0, 0.1) is 13.8 Å². The number of aryl methyl sites for hydroxylation is 1. The molecule has 2 aliphatic heterocycles. The van der Waals surface area contributed by atoms with Crippen molar-refractivity contribution in [2.45, 2.75) is 26.3 Å². The van der Waals surface area contributed by atoms with Gasteiger partial charge in [-0.05, 0) is 50.6 Å². The Morgan fingerprint density at radius 1 is 1.00 bits per heavy atom. The van der Waals surface area contributed by atoms with Crippen LogP contribution in [0.2, 0.25) is 0 Å². The highest BCUT2D eigenvalue weighted by molar-refractivity contribution is 5.96. The van der Waals surface area contributed by atoms with E-state index in [0.717, 1.165) is 52.8 Å². The van der Waals surface area contributed by atoms with Crippen LogP contribution >= 0.6 is 0 Å². The zero-order chi connectivity index (χ0) is 21.4. The molecule has 5 rings (SSSR count). The van der Waals surface area contributed by atoms with Crippen LogP contribution in [0.25, 0.3) is 5.69 Å². The van der Waals surface area contributed by atoms with Crippen molar-refractivity contribution in [3.05, 3.63) is 71.5 Å². The Morgan fingerprint density at radius 2 is 1.77 bits per heavy atom. The van der Waals surface area contributed by atoms with Gasteiger partial charge in [-0.15, -0.1) is 0 Å². The van der Waals surface area contributed by atoms with Crippen molar-refractivity contribution in [1.82, 2.24) is 9.47 Å². The molecule has 1 saturated heterocycles. The maximum atomic E-state index is 13.3. The summed E-state index contributed by atoms with van der Waals surface area (Å²) in [7, 11) is 0. The van der Waals surface area contributed by atoms with E-state index in [1.807, 2.05) is 61.2 Å². The van der Waals surface area contributed by atoms with E-state index in [2.05, 4.69) is 22.0 Å². The number of aromatic nitrogens is 1. The van der Waals surface area contributed by atoms with Gasteiger partial charge in [0, 0.05) is 48.0 Å². The van der Waals surface area contributed by atoms with Crippen LogP contribution in [0.3, 0.4) is 0 Å². The van der Waals surface area contributed by atoms with E-state index in [1.54, 1.807) is 0 Å². The fraction of sp³-hybridized carbons (Fsp3) is 0.320. The number of hydrogen-bond donors (Lipinski definition) is 1. The van der Waals surface area contributed by atoms with Crippen molar-refractivity contribution < 1.29 is 14.3 Å². The van der Waals surface area contributed by atoms with E-state index in [9.17, 15) is 4.79 Å². The maximum absolute atomic E-state index is 13.3. The predicted octanol–water partition coefficient (Wildman–Crippen LogP) is 4.19. The second-order valence-corrected chi connectivity index (χ2v) is 8.20. The van der Waals surface area contributed by atoms with Crippen LogP contribution in [0.4, 0.5) is 5.69 Å². The third-order valence-electron chi connectivity index (χ3n) is 6.07. The van der Waals surface area contributed by atoms with Gasteiger partial charge in [-0.3, -0.25) is 4.79 Å². The van der Waals surface area contributed by atoms with Gasteiger partial charge >= 0.3 is 0 Å². The molecule has 0 bridgehead atoms. The lowest BCUT2D eigenvalue weighted by Gasteiger charge is -2.20. The zero-order valence-corrected chi connectivity index (χ0v) is 17.9. The summed E-state index contributed by atoms with van der Waals surface area (Å²) in [6.07, 6.45) is 0.946. The molecular formula is C25H27N3O3. The second-order valence-electron chi connectivity index (χ2n) is 8.20. The molecule has 6 nitrogen and oxygen atoms in total. The number of fused-ring (bicyclic) bond motifs is 1. The van der Waals surface area contributed by atoms with Crippen LogP contribution in [0.15, 0.2) is 54.6 Å². The van der Waals surface area contributed by atoms with Crippen molar-refractivity contribution in [2.24, 2.45) is 0 Å². The summed E-state index contributed by atoms with van der Waals surface area (Å²) < 4.78 is 13.5. The Bertz CT molecular complexity index is 1110. The topological polar surface area (TPSA) is 55.7 Å². The van der Waals surface area contributed by atoms with E-state index in [-0.39, 0.29) is 11.9 Å². The molecule has 2 aliphatic rings. The van der Waals surface area contributed by atoms with Gasteiger partial charge in [0.2, 0.25) is 0 Å². The fourth-order valence-corrected chi connectivity index (χ4v) is 4.55. The highest BCUT2D eigenvalue weighted by atomic mass is 16.6. The summed E-state index contributed by atoms with van der Waals surface area (Å²) in [5.41, 5.74) is 4.80. The molecule has 3 aromatic rings. The number of hydrogen-bond acceptors (Lipinski definition) is 4. The summed E-state index contributed by atoms with van der Waals surface area (Å²) in [6, 6.07) is 18.4. The number of para-hydroxylation sites is 1. The van der Waals surface area contributed by atoms with Gasteiger partial charge in [-0.1, -0.05) is 18.2 Å². The molecule has 1 aromatic heterocycles. The Kier molecular flexibility index (Phi) is 5.06. The van der Waals surface area contributed by atoms with Crippen LogP contribution < -0.4 is 14.8 Å². The third kappa shape index (κ3) is 3.74. The molecule has 0 saturated carbocycles.